The van der Waals surface area contributed by atoms with Crippen LogP contribution in [0.4, 0.5) is 13.6 Å². The van der Waals surface area contributed by atoms with Gasteiger partial charge in [0.2, 0.25) is 0 Å². The summed E-state index contributed by atoms with van der Waals surface area (Å²) in [6, 6.07) is 2.37. The van der Waals surface area contributed by atoms with Gasteiger partial charge in [-0.1, -0.05) is 0 Å². The van der Waals surface area contributed by atoms with Crippen LogP contribution in [-0.2, 0) is 11.2 Å². The average molecular weight is 288 g/mol. The first-order valence-electron chi connectivity index (χ1n) is 5.76. The van der Waals surface area contributed by atoms with Crippen molar-refractivity contribution in [2.75, 3.05) is 13.1 Å². The molecule has 20 heavy (non-hydrogen) atoms. The van der Waals surface area contributed by atoms with Crippen molar-refractivity contribution in [2.45, 2.75) is 12.5 Å². The molecular formula is C12H14F2N2O4. The Morgan fingerprint density at radius 1 is 1.15 bits per heavy atom. The van der Waals surface area contributed by atoms with Crippen molar-refractivity contribution in [1.82, 2.24) is 10.6 Å². The normalized spacial score (nSPS) is 11.8. The van der Waals surface area contributed by atoms with Crippen LogP contribution in [0.2, 0.25) is 0 Å². The van der Waals surface area contributed by atoms with Crippen LogP contribution in [0.5, 0.6) is 0 Å². The molecule has 0 saturated heterocycles. The molecule has 2 amide bonds. The van der Waals surface area contributed by atoms with E-state index in [1.54, 1.807) is 0 Å². The lowest BCUT2D eigenvalue weighted by Gasteiger charge is -2.09. The van der Waals surface area contributed by atoms with E-state index < -0.39 is 36.3 Å². The molecule has 6 nitrogen and oxygen atoms in total. The minimum atomic E-state index is -1.68. The van der Waals surface area contributed by atoms with Gasteiger partial charge in [0.05, 0.1) is 6.54 Å². The van der Waals surface area contributed by atoms with E-state index in [4.69, 9.17) is 10.2 Å². The highest BCUT2D eigenvalue weighted by Gasteiger charge is 2.13. The highest BCUT2D eigenvalue weighted by Crippen LogP contribution is 2.07. The number of carboxylic acids is 1. The molecule has 0 spiro atoms. The molecule has 110 valence electrons. The van der Waals surface area contributed by atoms with Crippen LogP contribution in [0.25, 0.3) is 0 Å². The lowest BCUT2D eigenvalue weighted by molar-refractivity contribution is -0.146. The molecule has 0 radical (unpaired) electrons. The van der Waals surface area contributed by atoms with E-state index in [2.05, 4.69) is 10.6 Å². The number of aliphatic hydroxyl groups excluding tert-OH is 1. The first-order chi connectivity index (χ1) is 9.38. The Labute approximate surface area is 113 Å². The van der Waals surface area contributed by atoms with Gasteiger partial charge >= 0.3 is 12.0 Å². The lowest BCUT2D eigenvalue weighted by Crippen LogP contribution is -2.42. The van der Waals surface area contributed by atoms with Crippen LogP contribution < -0.4 is 10.6 Å². The number of carbonyl (C=O) groups is 2. The van der Waals surface area contributed by atoms with Gasteiger partial charge in [0, 0.05) is 12.6 Å². The predicted octanol–water partition coefficient (Wildman–Crippen LogP) is 0.252. The van der Waals surface area contributed by atoms with Gasteiger partial charge in [-0.25, -0.2) is 18.4 Å². The predicted molar refractivity (Wildman–Crippen MR) is 65.1 cm³/mol. The van der Waals surface area contributed by atoms with Gasteiger partial charge in [0.1, 0.15) is 11.6 Å². The van der Waals surface area contributed by atoms with E-state index in [9.17, 15) is 18.4 Å². The Morgan fingerprint density at radius 3 is 2.30 bits per heavy atom. The summed E-state index contributed by atoms with van der Waals surface area (Å²) in [5.41, 5.74) is 0.383. The molecule has 1 atom stereocenters. The summed E-state index contributed by atoms with van der Waals surface area (Å²) in [5.74, 6) is -2.84. The summed E-state index contributed by atoms with van der Waals surface area (Å²) in [7, 11) is 0. The maximum absolute atomic E-state index is 12.9. The van der Waals surface area contributed by atoms with Crippen molar-refractivity contribution >= 4 is 12.0 Å². The molecule has 1 rings (SSSR count). The number of nitrogens with one attached hydrogen (secondary N) is 2. The van der Waals surface area contributed by atoms with E-state index in [1.807, 2.05) is 0 Å². The van der Waals surface area contributed by atoms with Crippen molar-refractivity contribution < 1.29 is 28.6 Å². The number of urea groups is 1. The quantitative estimate of drug-likeness (QED) is 0.603. The molecular weight excluding hydrogens is 274 g/mol. The number of aliphatic carboxylic acids is 1. The Morgan fingerprint density at radius 2 is 1.75 bits per heavy atom. The molecule has 0 saturated carbocycles. The van der Waals surface area contributed by atoms with Gasteiger partial charge in [-0.05, 0) is 24.1 Å². The highest BCUT2D eigenvalue weighted by molar-refractivity contribution is 5.76. The Bertz CT molecular complexity index is 476. The van der Waals surface area contributed by atoms with Crippen LogP contribution >= 0.6 is 0 Å². The SMILES string of the molecule is O=C(NCCc1cc(F)cc(F)c1)NCC(O)C(=O)O. The third kappa shape index (κ3) is 5.61. The molecule has 8 heteroatoms. The standard InChI is InChI=1S/C12H14F2N2O4/c13-8-3-7(4-9(14)5-8)1-2-15-12(20)16-6-10(17)11(18)19/h3-5,10,17H,1-2,6H2,(H,18,19)(H2,15,16,20). The Kier molecular flexibility index (Phi) is 5.85. The number of hydrogen-bond donors (Lipinski definition) is 4. The van der Waals surface area contributed by atoms with Crippen molar-refractivity contribution in [3.8, 4) is 0 Å². The summed E-state index contributed by atoms with van der Waals surface area (Å²) in [6.07, 6.45) is -1.47. The molecule has 0 aliphatic rings. The topological polar surface area (TPSA) is 98.7 Å². The van der Waals surface area contributed by atoms with Crippen LogP contribution in [-0.4, -0.2) is 41.4 Å². The Balaban J connectivity index is 2.30. The molecule has 0 heterocycles. The maximum Gasteiger partial charge on any atom is 0.334 e. The third-order valence-electron chi connectivity index (χ3n) is 2.36. The lowest BCUT2D eigenvalue weighted by atomic mass is 10.1. The number of rotatable bonds is 6. The maximum atomic E-state index is 12.9. The van der Waals surface area contributed by atoms with E-state index in [1.165, 1.54) is 0 Å². The van der Waals surface area contributed by atoms with Gasteiger partial charge in [0.25, 0.3) is 0 Å². The van der Waals surface area contributed by atoms with Gasteiger partial charge < -0.3 is 20.8 Å². The largest absolute Gasteiger partial charge is 0.479 e. The fourth-order valence-corrected chi connectivity index (χ4v) is 1.41. The molecule has 1 aromatic rings. The molecule has 0 bridgehead atoms. The van der Waals surface area contributed by atoms with Gasteiger partial charge in [0.15, 0.2) is 6.10 Å². The third-order valence-corrected chi connectivity index (χ3v) is 2.36. The van der Waals surface area contributed by atoms with Crippen LogP contribution in [0.1, 0.15) is 5.56 Å². The van der Waals surface area contributed by atoms with Gasteiger partial charge in [-0.3, -0.25) is 0 Å². The molecule has 1 unspecified atom stereocenters. The zero-order valence-corrected chi connectivity index (χ0v) is 10.4. The average Bonchev–Trinajstić information content (AvgIpc) is 2.34. The molecule has 0 aliphatic carbocycles. The summed E-state index contributed by atoms with van der Waals surface area (Å²) >= 11 is 0. The summed E-state index contributed by atoms with van der Waals surface area (Å²) in [5, 5.41) is 21.8. The van der Waals surface area contributed by atoms with Crippen LogP contribution in [0.15, 0.2) is 18.2 Å². The number of halogens is 2. The number of carbonyl (C=O) groups excluding carboxylic acids is 1. The fraction of sp³-hybridized carbons (Fsp3) is 0.333. The summed E-state index contributed by atoms with van der Waals surface area (Å²) in [6.45, 7) is -0.326. The molecule has 1 aromatic carbocycles. The monoisotopic (exact) mass is 288 g/mol. The molecule has 0 aliphatic heterocycles. The van der Waals surface area contributed by atoms with Gasteiger partial charge in [-0.15, -0.1) is 0 Å². The highest BCUT2D eigenvalue weighted by atomic mass is 19.1. The summed E-state index contributed by atoms with van der Waals surface area (Å²) < 4.78 is 25.8. The minimum Gasteiger partial charge on any atom is -0.479 e. The minimum absolute atomic E-state index is 0.109. The second-order valence-corrected chi connectivity index (χ2v) is 4.02. The molecule has 0 aromatic heterocycles. The van der Waals surface area contributed by atoms with E-state index in [-0.39, 0.29) is 13.0 Å². The van der Waals surface area contributed by atoms with E-state index in [0.717, 1.165) is 18.2 Å². The van der Waals surface area contributed by atoms with Gasteiger partial charge in [-0.2, -0.15) is 0 Å². The van der Waals surface area contributed by atoms with Crippen molar-refractivity contribution in [3.63, 3.8) is 0 Å². The number of carboxylic acid groups (broad SMARTS) is 1. The van der Waals surface area contributed by atoms with Crippen LogP contribution in [0.3, 0.4) is 0 Å². The zero-order valence-electron chi connectivity index (χ0n) is 10.4. The van der Waals surface area contributed by atoms with Crippen LogP contribution in [0, 0.1) is 11.6 Å². The molecule has 0 fully saturated rings. The van der Waals surface area contributed by atoms with E-state index >= 15 is 0 Å². The number of aliphatic hydroxyl groups is 1. The fourth-order valence-electron chi connectivity index (χ4n) is 1.41. The smallest absolute Gasteiger partial charge is 0.334 e. The van der Waals surface area contributed by atoms with Crippen molar-refractivity contribution in [3.05, 3.63) is 35.4 Å². The number of benzene rings is 1. The zero-order chi connectivity index (χ0) is 15.1. The molecule has 4 N–H and O–H groups in total. The second kappa shape index (κ2) is 7.39. The number of amides is 2. The first-order valence-corrected chi connectivity index (χ1v) is 5.76. The first kappa shape index (κ1) is 15.8. The Hall–Kier alpha value is -2.22. The number of hydrogen-bond acceptors (Lipinski definition) is 3. The van der Waals surface area contributed by atoms with Crippen molar-refractivity contribution in [1.29, 1.82) is 0 Å². The van der Waals surface area contributed by atoms with E-state index in [0.29, 0.717) is 5.56 Å². The summed E-state index contributed by atoms with van der Waals surface area (Å²) in [4.78, 5) is 21.5. The van der Waals surface area contributed by atoms with Crippen molar-refractivity contribution in [2.24, 2.45) is 0 Å². The second-order valence-electron chi connectivity index (χ2n) is 4.02.